The number of hydrogen-bond donors (Lipinski definition) is 1. The molecule has 24 heavy (non-hydrogen) atoms. The normalized spacial score (nSPS) is 11.6. The molecule has 0 unspecified atom stereocenters. The molecule has 0 aliphatic rings. The molecule has 2 aromatic carbocycles. The summed E-state index contributed by atoms with van der Waals surface area (Å²) in [4.78, 5) is 12.1. The Morgan fingerprint density at radius 2 is 1.83 bits per heavy atom. The Morgan fingerprint density at radius 3 is 2.62 bits per heavy atom. The summed E-state index contributed by atoms with van der Waals surface area (Å²) in [6.07, 6.45) is -2.57. The second-order valence-corrected chi connectivity index (χ2v) is 5.48. The summed E-state index contributed by atoms with van der Waals surface area (Å²) in [5.74, 6) is -0.256. The molecule has 3 rings (SSSR count). The Balaban J connectivity index is 1.64. The lowest BCUT2D eigenvalue weighted by Crippen LogP contribution is -2.27. The first-order valence-electron chi connectivity index (χ1n) is 7.40. The van der Waals surface area contributed by atoms with E-state index in [2.05, 4.69) is 5.32 Å². The number of halogens is 3. The number of para-hydroxylation sites is 1. The Hall–Kier alpha value is -2.76. The SMILES string of the molecule is O=C(Cn1ccc2ccccc21)NCc1cccc(C(F)(F)F)c1. The topological polar surface area (TPSA) is 34.0 Å². The maximum Gasteiger partial charge on any atom is 0.416 e. The first-order chi connectivity index (χ1) is 11.4. The molecule has 0 aliphatic heterocycles. The van der Waals surface area contributed by atoms with Gasteiger partial charge in [0.1, 0.15) is 6.54 Å². The van der Waals surface area contributed by atoms with Crippen molar-refractivity contribution in [3.05, 3.63) is 71.9 Å². The number of amides is 1. The van der Waals surface area contributed by atoms with E-state index in [-0.39, 0.29) is 19.0 Å². The molecule has 0 radical (unpaired) electrons. The molecule has 0 bridgehead atoms. The summed E-state index contributed by atoms with van der Waals surface area (Å²) < 4.78 is 39.8. The molecule has 1 aromatic heterocycles. The van der Waals surface area contributed by atoms with Crippen LogP contribution in [0.4, 0.5) is 13.2 Å². The monoisotopic (exact) mass is 332 g/mol. The van der Waals surface area contributed by atoms with Crippen molar-refractivity contribution in [2.45, 2.75) is 19.3 Å². The number of benzene rings is 2. The highest BCUT2D eigenvalue weighted by molar-refractivity contribution is 5.83. The van der Waals surface area contributed by atoms with Gasteiger partial charge in [-0.15, -0.1) is 0 Å². The van der Waals surface area contributed by atoms with E-state index in [1.165, 1.54) is 6.07 Å². The van der Waals surface area contributed by atoms with E-state index in [4.69, 9.17) is 0 Å². The number of fused-ring (bicyclic) bond motifs is 1. The average Bonchev–Trinajstić information content (AvgIpc) is 2.96. The predicted octanol–water partition coefficient (Wildman–Crippen LogP) is 3.98. The predicted molar refractivity (Wildman–Crippen MR) is 85.2 cm³/mol. The number of hydrogen-bond acceptors (Lipinski definition) is 1. The molecule has 3 nitrogen and oxygen atoms in total. The number of carbonyl (C=O) groups excluding carboxylic acids is 1. The Bertz CT molecular complexity index is 868. The fraction of sp³-hybridized carbons (Fsp3) is 0.167. The minimum atomic E-state index is -4.38. The Labute approximate surface area is 136 Å². The zero-order chi connectivity index (χ0) is 17.2. The third kappa shape index (κ3) is 3.59. The molecule has 1 amide bonds. The summed E-state index contributed by atoms with van der Waals surface area (Å²) in [5, 5.41) is 3.68. The van der Waals surface area contributed by atoms with Crippen LogP contribution in [0.15, 0.2) is 60.8 Å². The van der Waals surface area contributed by atoms with Crippen molar-refractivity contribution in [2.75, 3.05) is 0 Å². The summed E-state index contributed by atoms with van der Waals surface area (Å²) in [5.41, 5.74) is 0.632. The van der Waals surface area contributed by atoms with Crippen molar-refractivity contribution >= 4 is 16.8 Å². The van der Waals surface area contributed by atoms with E-state index >= 15 is 0 Å². The summed E-state index contributed by atoms with van der Waals surface area (Å²) in [7, 11) is 0. The number of carbonyl (C=O) groups is 1. The highest BCUT2D eigenvalue weighted by atomic mass is 19.4. The van der Waals surface area contributed by atoms with E-state index in [9.17, 15) is 18.0 Å². The van der Waals surface area contributed by atoms with Gasteiger partial charge in [0, 0.05) is 18.3 Å². The van der Waals surface area contributed by atoms with Crippen LogP contribution in [0, 0.1) is 0 Å². The number of nitrogens with zero attached hydrogens (tertiary/aromatic N) is 1. The van der Waals surface area contributed by atoms with Gasteiger partial charge >= 0.3 is 6.18 Å². The van der Waals surface area contributed by atoms with Crippen LogP contribution in [0.25, 0.3) is 10.9 Å². The standard InChI is InChI=1S/C18H15F3N2O/c19-18(20,21)15-6-3-4-13(10-15)11-22-17(24)12-23-9-8-14-5-1-2-7-16(14)23/h1-10H,11-12H2,(H,22,24). The first-order valence-corrected chi connectivity index (χ1v) is 7.40. The lowest BCUT2D eigenvalue weighted by Gasteiger charge is -2.10. The van der Waals surface area contributed by atoms with Crippen LogP contribution >= 0.6 is 0 Å². The molecule has 0 atom stereocenters. The van der Waals surface area contributed by atoms with Crippen LogP contribution in [-0.4, -0.2) is 10.5 Å². The van der Waals surface area contributed by atoms with Crippen molar-refractivity contribution in [2.24, 2.45) is 0 Å². The van der Waals surface area contributed by atoms with Crippen molar-refractivity contribution in [1.29, 1.82) is 0 Å². The van der Waals surface area contributed by atoms with Gasteiger partial charge in [0.25, 0.3) is 0 Å². The fourth-order valence-corrected chi connectivity index (χ4v) is 2.55. The molecule has 1 N–H and O–H groups in total. The van der Waals surface area contributed by atoms with Gasteiger partial charge in [-0.25, -0.2) is 0 Å². The number of rotatable bonds is 4. The van der Waals surface area contributed by atoms with Gasteiger partial charge in [-0.05, 0) is 35.2 Å². The minimum Gasteiger partial charge on any atom is -0.350 e. The minimum absolute atomic E-state index is 0.0575. The van der Waals surface area contributed by atoms with E-state index in [0.717, 1.165) is 23.0 Å². The first kappa shape index (κ1) is 16.1. The van der Waals surface area contributed by atoms with Crippen LogP contribution in [0.1, 0.15) is 11.1 Å². The third-order valence-electron chi connectivity index (χ3n) is 3.74. The van der Waals surface area contributed by atoms with Crippen LogP contribution in [0.5, 0.6) is 0 Å². The second kappa shape index (κ2) is 6.39. The van der Waals surface area contributed by atoms with E-state index < -0.39 is 11.7 Å². The zero-order valence-electron chi connectivity index (χ0n) is 12.7. The van der Waals surface area contributed by atoms with E-state index in [0.29, 0.717) is 5.56 Å². The molecule has 0 saturated carbocycles. The van der Waals surface area contributed by atoms with Crippen LogP contribution in [0.3, 0.4) is 0 Å². The van der Waals surface area contributed by atoms with Crippen molar-refractivity contribution < 1.29 is 18.0 Å². The number of nitrogens with one attached hydrogen (secondary N) is 1. The lowest BCUT2D eigenvalue weighted by atomic mass is 10.1. The maximum absolute atomic E-state index is 12.7. The molecule has 1 heterocycles. The van der Waals surface area contributed by atoms with Gasteiger partial charge in [0.05, 0.1) is 5.56 Å². The number of alkyl halides is 3. The van der Waals surface area contributed by atoms with Crippen molar-refractivity contribution in [3.63, 3.8) is 0 Å². The highest BCUT2D eigenvalue weighted by Crippen LogP contribution is 2.29. The fourth-order valence-electron chi connectivity index (χ4n) is 2.55. The summed E-state index contributed by atoms with van der Waals surface area (Å²) >= 11 is 0. The molecule has 124 valence electrons. The average molecular weight is 332 g/mol. The van der Waals surface area contributed by atoms with Gasteiger partial charge in [-0.2, -0.15) is 13.2 Å². The quantitative estimate of drug-likeness (QED) is 0.770. The van der Waals surface area contributed by atoms with Gasteiger partial charge < -0.3 is 9.88 Å². The molecular formula is C18H15F3N2O. The highest BCUT2D eigenvalue weighted by Gasteiger charge is 2.30. The van der Waals surface area contributed by atoms with Gasteiger partial charge in [-0.1, -0.05) is 30.3 Å². The second-order valence-electron chi connectivity index (χ2n) is 5.48. The summed E-state index contributed by atoms with van der Waals surface area (Å²) in [6, 6.07) is 14.5. The smallest absolute Gasteiger partial charge is 0.350 e. The van der Waals surface area contributed by atoms with Crippen LogP contribution in [0.2, 0.25) is 0 Å². The van der Waals surface area contributed by atoms with Crippen molar-refractivity contribution in [3.8, 4) is 0 Å². The van der Waals surface area contributed by atoms with E-state index in [1.54, 1.807) is 10.6 Å². The molecule has 6 heteroatoms. The molecule has 3 aromatic rings. The zero-order valence-corrected chi connectivity index (χ0v) is 12.7. The Kier molecular flexibility index (Phi) is 4.29. The molecule has 0 aliphatic carbocycles. The molecule has 0 saturated heterocycles. The summed E-state index contributed by atoms with van der Waals surface area (Å²) in [6.45, 7) is 0.175. The van der Waals surface area contributed by atoms with E-state index in [1.807, 2.05) is 36.5 Å². The lowest BCUT2D eigenvalue weighted by molar-refractivity contribution is -0.137. The maximum atomic E-state index is 12.7. The molecular weight excluding hydrogens is 317 g/mol. The third-order valence-corrected chi connectivity index (χ3v) is 3.74. The van der Waals surface area contributed by atoms with Gasteiger partial charge in [0.2, 0.25) is 5.91 Å². The Morgan fingerprint density at radius 1 is 1.04 bits per heavy atom. The number of aromatic nitrogens is 1. The molecule has 0 fully saturated rings. The van der Waals surface area contributed by atoms with Crippen LogP contribution in [-0.2, 0) is 24.1 Å². The van der Waals surface area contributed by atoms with Gasteiger partial charge in [0.15, 0.2) is 0 Å². The van der Waals surface area contributed by atoms with Crippen molar-refractivity contribution in [1.82, 2.24) is 9.88 Å². The molecule has 0 spiro atoms. The van der Waals surface area contributed by atoms with Gasteiger partial charge in [-0.3, -0.25) is 4.79 Å². The van der Waals surface area contributed by atoms with Crippen LogP contribution < -0.4 is 5.32 Å². The largest absolute Gasteiger partial charge is 0.416 e.